The van der Waals surface area contributed by atoms with Gasteiger partial charge in [-0.25, -0.2) is 14.6 Å². The molecule has 13 heteroatoms. The number of nitrogens with zero attached hydrogens (tertiary/aromatic N) is 5. The number of anilines is 2. The van der Waals surface area contributed by atoms with E-state index >= 15 is 0 Å². The summed E-state index contributed by atoms with van der Waals surface area (Å²) in [5.41, 5.74) is 4.73. The van der Waals surface area contributed by atoms with Crippen LogP contribution in [-0.4, -0.2) is 55.8 Å². The SMILES string of the molecule is Cc1c(NC(=O)OC(C)(C)C)c(=C=O)nc/c1=c1\cc(Cl)c2c(c1)C=C(Nc1cc3n(n1)CC(=O)N(C(C)C)CC3)NN=2. The quantitative estimate of drug-likeness (QED) is 0.413. The topological polar surface area (TPSA) is 143 Å². The number of benzene rings is 1. The Morgan fingerprint density at radius 3 is 2.70 bits per heavy atom. The maximum absolute atomic E-state index is 12.7. The summed E-state index contributed by atoms with van der Waals surface area (Å²) in [5, 5.41) is 17.2. The molecule has 4 heterocycles. The van der Waals surface area contributed by atoms with Crippen LogP contribution in [0.5, 0.6) is 0 Å². The first-order valence-electron chi connectivity index (χ1n) is 13.9. The lowest BCUT2D eigenvalue weighted by molar-refractivity contribution is -0.133. The molecule has 2 aromatic heterocycles. The van der Waals surface area contributed by atoms with Crippen molar-refractivity contribution in [1.82, 2.24) is 25.1 Å². The van der Waals surface area contributed by atoms with Gasteiger partial charge in [-0.05, 0) is 70.5 Å². The molecule has 0 fully saturated rings. The van der Waals surface area contributed by atoms with E-state index < -0.39 is 11.7 Å². The number of fused-ring (bicyclic) bond motifs is 2. The van der Waals surface area contributed by atoms with E-state index in [1.165, 1.54) is 6.20 Å². The minimum absolute atomic E-state index is 0.0396. The predicted octanol–water partition coefficient (Wildman–Crippen LogP) is 2.72. The second kappa shape index (κ2) is 11.5. The number of carbonyl (C=O) groups is 2. The molecule has 5 rings (SSSR count). The number of nitrogens with one attached hydrogen (secondary N) is 3. The van der Waals surface area contributed by atoms with Crippen molar-refractivity contribution in [1.29, 1.82) is 0 Å². The van der Waals surface area contributed by atoms with E-state index in [2.05, 4.69) is 31.2 Å². The van der Waals surface area contributed by atoms with Crippen LogP contribution in [0.3, 0.4) is 0 Å². The van der Waals surface area contributed by atoms with Gasteiger partial charge >= 0.3 is 6.09 Å². The van der Waals surface area contributed by atoms with Crippen molar-refractivity contribution >= 4 is 47.1 Å². The summed E-state index contributed by atoms with van der Waals surface area (Å²) in [7, 11) is 0. The monoisotopic (exact) mass is 604 g/mol. The number of amides is 2. The summed E-state index contributed by atoms with van der Waals surface area (Å²) in [6, 6.07) is 5.70. The highest BCUT2D eigenvalue weighted by Gasteiger charge is 2.24. The van der Waals surface area contributed by atoms with Gasteiger partial charge in [-0.1, -0.05) is 11.6 Å². The maximum Gasteiger partial charge on any atom is 0.412 e. The Morgan fingerprint density at radius 2 is 2.00 bits per heavy atom. The molecule has 2 aliphatic heterocycles. The first-order chi connectivity index (χ1) is 20.3. The van der Waals surface area contributed by atoms with E-state index in [4.69, 9.17) is 16.3 Å². The van der Waals surface area contributed by atoms with Crippen molar-refractivity contribution in [2.75, 3.05) is 17.2 Å². The van der Waals surface area contributed by atoms with E-state index in [9.17, 15) is 14.4 Å². The summed E-state index contributed by atoms with van der Waals surface area (Å²) in [5.74, 6) is 2.97. The molecule has 0 aliphatic carbocycles. The van der Waals surface area contributed by atoms with Crippen molar-refractivity contribution in [2.24, 2.45) is 5.10 Å². The Labute approximate surface area is 252 Å². The van der Waals surface area contributed by atoms with Crippen molar-refractivity contribution in [3.05, 3.63) is 73.2 Å². The molecule has 3 aromatic rings. The number of carbonyl (C=O) groups excluding carboxylic acids is 3. The molecule has 2 amide bonds. The van der Waals surface area contributed by atoms with Crippen molar-refractivity contribution in [2.45, 2.75) is 66.2 Å². The highest BCUT2D eigenvalue weighted by molar-refractivity contribution is 6.30. The van der Waals surface area contributed by atoms with Gasteiger partial charge < -0.3 is 15.0 Å². The second-order valence-electron chi connectivity index (χ2n) is 11.7. The van der Waals surface area contributed by atoms with Crippen molar-refractivity contribution < 1.29 is 19.1 Å². The predicted molar refractivity (Wildman–Crippen MR) is 161 cm³/mol. The van der Waals surface area contributed by atoms with E-state index in [-0.39, 0.29) is 29.5 Å². The standard InChI is InChI=1S/C30H33ClN8O4/c1-16(2)38-8-7-20-12-25(37-39(20)14-26(38)41)33-24-11-19-9-18(10-22(31)28(19)36-35-24)21-13-32-23(15-40)27(17(21)3)34-29(42)43-30(4,5)6/h9-13,16,35H,7-8,14H2,1-6H3,(H,33,37)(H,34,42)/b21-18+. The van der Waals surface area contributed by atoms with Crippen LogP contribution in [0.1, 0.15) is 51.4 Å². The van der Waals surface area contributed by atoms with E-state index in [1.54, 1.807) is 44.4 Å². The Balaban J connectivity index is 1.49. The summed E-state index contributed by atoms with van der Waals surface area (Å²) in [6.07, 6.45) is 3.38. The van der Waals surface area contributed by atoms with Gasteiger partial charge in [0.15, 0.2) is 17.1 Å². The number of ether oxygens (including phenoxy) is 1. The van der Waals surface area contributed by atoms with Crippen molar-refractivity contribution in [3.63, 3.8) is 0 Å². The number of pyridine rings is 1. The van der Waals surface area contributed by atoms with E-state index in [0.29, 0.717) is 51.0 Å². The van der Waals surface area contributed by atoms with Gasteiger partial charge in [0.1, 0.15) is 23.3 Å². The fourth-order valence-corrected chi connectivity index (χ4v) is 5.29. The van der Waals surface area contributed by atoms with E-state index in [0.717, 1.165) is 11.3 Å². The summed E-state index contributed by atoms with van der Waals surface area (Å²) >= 11 is 6.64. The molecule has 2 aliphatic rings. The molecule has 0 bridgehead atoms. The highest BCUT2D eigenvalue weighted by atomic mass is 35.5. The highest BCUT2D eigenvalue weighted by Crippen LogP contribution is 2.20. The zero-order valence-corrected chi connectivity index (χ0v) is 25.6. The smallest absolute Gasteiger partial charge is 0.412 e. The molecule has 43 heavy (non-hydrogen) atoms. The van der Waals surface area contributed by atoms with Crippen LogP contribution in [0.2, 0.25) is 5.02 Å². The number of rotatable bonds is 4. The maximum atomic E-state index is 12.7. The van der Waals surface area contributed by atoms with Crippen molar-refractivity contribution in [3.8, 4) is 0 Å². The van der Waals surface area contributed by atoms with Crippen LogP contribution >= 0.6 is 11.6 Å². The third-order valence-corrected chi connectivity index (χ3v) is 7.30. The summed E-state index contributed by atoms with van der Waals surface area (Å²) in [4.78, 5) is 42.8. The van der Waals surface area contributed by atoms with Gasteiger partial charge in [-0.15, -0.1) is 0 Å². The fourth-order valence-electron chi connectivity index (χ4n) is 5.02. The third-order valence-electron chi connectivity index (χ3n) is 7.02. The molecule has 1 aromatic carbocycles. The molecular weight excluding hydrogens is 572 g/mol. The molecular formula is C30H33ClN8O4. The first-order valence-corrected chi connectivity index (χ1v) is 14.2. The number of halogens is 1. The average molecular weight is 605 g/mol. The molecule has 0 atom stereocenters. The van der Waals surface area contributed by atoms with Crippen LogP contribution in [0.4, 0.5) is 16.3 Å². The Bertz CT molecular complexity index is 1910. The first kappa shape index (κ1) is 29.8. The minimum atomic E-state index is -0.725. The zero-order valence-electron chi connectivity index (χ0n) is 24.8. The number of aromatic nitrogens is 3. The lowest BCUT2D eigenvalue weighted by Crippen LogP contribution is -2.38. The number of hydrogen-bond donors (Lipinski definition) is 3. The van der Waals surface area contributed by atoms with Crippen LogP contribution in [-0.2, 0) is 27.3 Å². The normalized spacial score (nSPS) is 15.3. The molecule has 0 spiro atoms. The number of hydrogen-bond acceptors (Lipinski definition) is 9. The van der Waals surface area contributed by atoms with Gasteiger partial charge in [-0.2, -0.15) is 10.2 Å². The Hall–Kier alpha value is -4.67. The summed E-state index contributed by atoms with van der Waals surface area (Å²) < 4.78 is 7.09. The molecule has 0 saturated heterocycles. The lowest BCUT2D eigenvalue weighted by atomic mass is 10.1. The molecule has 3 N–H and O–H groups in total. The minimum Gasteiger partial charge on any atom is -0.444 e. The van der Waals surface area contributed by atoms with Crippen LogP contribution in [0.25, 0.3) is 6.08 Å². The molecule has 0 unspecified atom stereocenters. The van der Waals surface area contributed by atoms with E-state index in [1.807, 2.05) is 37.0 Å². The lowest BCUT2D eigenvalue weighted by Gasteiger charge is -2.24. The van der Waals surface area contributed by atoms with Gasteiger partial charge in [0.2, 0.25) is 5.91 Å². The molecule has 12 nitrogen and oxygen atoms in total. The second-order valence-corrected chi connectivity index (χ2v) is 12.1. The molecule has 224 valence electrons. The van der Waals surface area contributed by atoms with Crippen LogP contribution in [0.15, 0.2) is 35.3 Å². The van der Waals surface area contributed by atoms with Gasteiger partial charge in [0.05, 0.1) is 10.7 Å². The molecule has 0 saturated carbocycles. The summed E-state index contributed by atoms with van der Waals surface area (Å²) in [6.45, 7) is 11.8. The van der Waals surface area contributed by atoms with Gasteiger partial charge in [-0.3, -0.25) is 20.2 Å². The van der Waals surface area contributed by atoms with Gasteiger partial charge in [0.25, 0.3) is 0 Å². The Kier molecular flexibility index (Phi) is 8.00. The largest absolute Gasteiger partial charge is 0.444 e. The van der Waals surface area contributed by atoms with Gasteiger partial charge in [0, 0.05) is 47.7 Å². The Morgan fingerprint density at radius 1 is 1.23 bits per heavy atom. The van der Waals surface area contributed by atoms with Crippen LogP contribution in [0, 0.1) is 17.4 Å². The fraction of sp³-hybridized carbons (Fsp3) is 0.367. The third kappa shape index (κ3) is 6.40. The zero-order chi connectivity index (χ0) is 31.1. The molecule has 0 radical (unpaired) electrons. The van der Waals surface area contributed by atoms with Crippen LogP contribution < -0.4 is 26.8 Å². The average Bonchev–Trinajstić information content (AvgIpc) is 3.20.